The summed E-state index contributed by atoms with van der Waals surface area (Å²) in [5.74, 6) is 4.24. The van der Waals surface area contributed by atoms with Gasteiger partial charge in [0.25, 0.3) is 0 Å². The summed E-state index contributed by atoms with van der Waals surface area (Å²) in [7, 11) is 0. The highest BCUT2D eigenvalue weighted by Gasteiger charge is 2.14. The molecule has 0 aromatic heterocycles. The Morgan fingerprint density at radius 2 is 0.633 bits per heavy atom. The first-order valence-electron chi connectivity index (χ1n) is 9.82. The predicted octanol–water partition coefficient (Wildman–Crippen LogP) is 2.75. The Morgan fingerprint density at radius 1 is 0.467 bits per heavy atom. The Hall–Kier alpha value is 0.180. The van der Waals surface area contributed by atoms with Gasteiger partial charge in [-0.2, -0.15) is 0 Å². The molecule has 0 bridgehead atoms. The molecule has 0 heterocycles. The zero-order valence-corrected chi connectivity index (χ0v) is 22.6. The summed E-state index contributed by atoms with van der Waals surface area (Å²) < 4.78 is 0. The number of alkyl halides is 4. The van der Waals surface area contributed by atoms with Crippen LogP contribution in [0.5, 0.6) is 0 Å². The Balaban J connectivity index is 0. The van der Waals surface area contributed by atoms with Crippen molar-refractivity contribution in [3.8, 4) is 0 Å². The van der Waals surface area contributed by atoms with Gasteiger partial charge in [-0.05, 0) is 45.9 Å². The van der Waals surface area contributed by atoms with Crippen LogP contribution < -0.4 is 24.8 Å². The molecule has 0 saturated heterocycles. The molecule has 0 aliphatic heterocycles. The molecule has 0 nitrogen and oxygen atoms in total. The molecular formula is C24H32Cl6-2. The molecular weight excluding hydrogens is 501 g/mol. The highest BCUT2D eigenvalue weighted by molar-refractivity contribution is 6.19. The predicted molar refractivity (Wildman–Crippen MR) is 129 cm³/mol. The summed E-state index contributed by atoms with van der Waals surface area (Å²) in [6.07, 6.45) is 0. The van der Waals surface area contributed by atoms with Gasteiger partial charge in [0.15, 0.2) is 0 Å². The van der Waals surface area contributed by atoms with Gasteiger partial charge in [0, 0.05) is 23.5 Å². The van der Waals surface area contributed by atoms with Gasteiger partial charge >= 0.3 is 0 Å². The van der Waals surface area contributed by atoms with E-state index in [0.717, 1.165) is 0 Å². The second kappa shape index (κ2) is 17.7. The maximum Gasteiger partial charge on any atom is 0.0289 e. The van der Waals surface area contributed by atoms with Gasteiger partial charge in [-0.3, -0.25) is 0 Å². The molecule has 172 valence electrons. The summed E-state index contributed by atoms with van der Waals surface area (Å²) in [4.78, 5) is 0. The smallest absolute Gasteiger partial charge is 0.0289 e. The van der Waals surface area contributed by atoms with E-state index in [0.29, 0.717) is 47.2 Å². The van der Waals surface area contributed by atoms with Gasteiger partial charge in [-0.15, -0.1) is 46.4 Å². The number of benzene rings is 2. The van der Waals surface area contributed by atoms with E-state index >= 15 is 0 Å². The molecule has 0 radical (unpaired) electrons. The third kappa shape index (κ3) is 9.76. The van der Waals surface area contributed by atoms with Crippen molar-refractivity contribution in [2.24, 2.45) is 0 Å². The van der Waals surface area contributed by atoms with Crippen LogP contribution in [0.3, 0.4) is 0 Å². The molecule has 0 amide bonds. The normalized spacial score (nSPS) is 14.1. The number of hydrogen-bond donors (Lipinski definition) is 0. The minimum absolute atomic E-state index is 0. The van der Waals surface area contributed by atoms with Gasteiger partial charge in [-0.25, -0.2) is 0 Å². The van der Waals surface area contributed by atoms with E-state index in [1.165, 1.54) is 22.3 Å². The third-order valence-corrected chi connectivity index (χ3v) is 6.89. The first kappa shape index (κ1) is 32.4. The zero-order valence-electron chi connectivity index (χ0n) is 18.0. The van der Waals surface area contributed by atoms with Crippen LogP contribution in [0, 0.1) is 0 Å². The molecule has 6 heteroatoms. The second-order valence-electron chi connectivity index (χ2n) is 7.48. The largest absolute Gasteiger partial charge is 1.00 e. The summed E-state index contributed by atoms with van der Waals surface area (Å²) in [5.41, 5.74) is 5.32. The summed E-state index contributed by atoms with van der Waals surface area (Å²) in [6, 6.07) is 16.8. The fourth-order valence-corrected chi connectivity index (χ4v) is 3.81. The molecule has 2 aromatic rings. The van der Waals surface area contributed by atoms with Crippen molar-refractivity contribution in [3.63, 3.8) is 0 Å². The molecule has 4 unspecified atom stereocenters. The van der Waals surface area contributed by atoms with E-state index in [4.69, 9.17) is 46.4 Å². The lowest BCUT2D eigenvalue weighted by Gasteiger charge is -2.17. The van der Waals surface area contributed by atoms with Crippen LogP contribution in [0.4, 0.5) is 0 Å². The fraction of sp³-hybridized carbons (Fsp3) is 0.500. The molecule has 0 spiro atoms. The number of halogens is 6. The van der Waals surface area contributed by atoms with Crippen molar-refractivity contribution < 1.29 is 24.8 Å². The summed E-state index contributed by atoms with van der Waals surface area (Å²) in [6.45, 7) is 8.58. The summed E-state index contributed by atoms with van der Waals surface area (Å²) in [5, 5.41) is 0. The lowest BCUT2D eigenvalue weighted by molar-refractivity contribution is -0.001000. The molecule has 2 rings (SSSR count). The monoisotopic (exact) mass is 530 g/mol. The first-order chi connectivity index (χ1) is 13.4. The van der Waals surface area contributed by atoms with Gasteiger partial charge < -0.3 is 24.8 Å². The molecule has 0 aliphatic carbocycles. The molecule has 0 saturated carbocycles. The van der Waals surface area contributed by atoms with Crippen molar-refractivity contribution in [1.82, 2.24) is 0 Å². The van der Waals surface area contributed by atoms with Crippen LogP contribution in [0.15, 0.2) is 48.5 Å². The topological polar surface area (TPSA) is 0 Å². The number of hydrogen-bond acceptors (Lipinski definition) is 0. The quantitative estimate of drug-likeness (QED) is 0.459. The van der Waals surface area contributed by atoms with Crippen LogP contribution in [-0.2, 0) is 0 Å². The number of rotatable bonds is 8. The van der Waals surface area contributed by atoms with Crippen LogP contribution in [0.25, 0.3) is 0 Å². The average molecular weight is 533 g/mol. The molecule has 0 N–H and O–H groups in total. The van der Waals surface area contributed by atoms with E-state index < -0.39 is 0 Å². The third-order valence-electron chi connectivity index (χ3n) is 5.04. The lowest BCUT2D eigenvalue weighted by atomic mass is 9.91. The fourth-order valence-electron chi connectivity index (χ4n) is 3.15. The van der Waals surface area contributed by atoms with E-state index in [1.54, 1.807) is 0 Å². The second-order valence-corrected chi connectivity index (χ2v) is 8.71. The van der Waals surface area contributed by atoms with Crippen LogP contribution >= 0.6 is 46.4 Å². The standard InChI is InChI=1S/2C12H16Cl2.2ClH/c2*1-9(7-13)11-5-3-4-6-12(11)10(2)8-14;;/h2*3-6,9-10H,7-8H2,1-2H3;2*1H/p-2. The SMILES string of the molecule is CC(CCl)c1ccccc1C(C)CCl.CC(CCl)c1ccccc1C(C)CCl.[Cl-].[Cl-]. The van der Waals surface area contributed by atoms with E-state index in [9.17, 15) is 0 Å². The van der Waals surface area contributed by atoms with Gasteiger partial charge in [-0.1, -0.05) is 76.2 Å². The van der Waals surface area contributed by atoms with Gasteiger partial charge in [0.1, 0.15) is 0 Å². The Bertz CT molecular complexity index is 573. The van der Waals surface area contributed by atoms with Crippen molar-refractivity contribution in [1.29, 1.82) is 0 Å². The molecule has 0 aliphatic rings. The molecule has 4 atom stereocenters. The Kier molecular flexibility index (Phi) is 19.1. The average Bonchev–Trinajstić information content (AvgIpc) is 2.77. The van der Waals surface area contributed by atoms with Crippen LogP contribution in [0.1, 0.15) is 73.6 Å². The Labute approximate surface area is 215 Å². The van der Waals surface area contributed by atoms with Crippen molar-refractivity contribution in [2.45, 2.75) is 51.4 Å². The summed E-state index contributed by atoms with van der Waals surface area (Å²) >= 11 is 23.5. The van der Waals surface area contributed by atoms with Crippen molar-refractivity contribution in [3.05, 3.63) is 70.8 Å². The van der Waals surface area contributed by atoms with Gasteiger partial charge in [0.2, 0.25) is 0 Å². The lowest BCUT2D eigenvalue weighted by Crippen LogP contribution is -3.00. The Morgan fingerprint density at radius 3 is 0.767 bits per heavy atom. The van der Waals surface area contributed by atoms with Crippen molar-refractivity contribution in [2.75, 3.05) is 23.5 Å². The highest BCUT2D eigenvalue weighted by Crippen LogP contribution is 2.28. The zero-order chi connectivity index (χ0) is 21.1. The minimum Gasteiger partial charge on any atom is -1.00 e. The van der Waals surface area contributed by atoms with Crippen LogP contribution in [-0.4, -0.2) is 23.5 Å². The molecule has 2 aromatic carbocycles. The maximum atomic E-state index is 5.87. The minimum atomic E-state index is 0. The van der Waals surface area contributed by atoms with E-state index in [-0.39, 0.29) is 24.8 Å². The van der Waals surface area contributed by atoms with Crippen LogP contribution in [0.2, 0.25) is 0 Å². The molecule has 30 heavy (non-hydrogen) atoms. The van der Waals surface area contributed by atoms with E-state index in [1.807, 2.05) is 0 Å². The van der Waals surface area contributed by atoms with Gasteiger partial charge in [0.05, 0.1) is 0 Å². The maximum absolute atomic E-state index is 5.87. The van der Waals surface area contributed by atoms with Crippen molar-refractivity contribution >= 4 is 46.4 Å². The first-order valence-corrected chi connectivity index (χ1v) is 12.0. The molecule has 0 fully saturated rings. The highest BCUT2D eigenvalue weighted by atomic mass is 35.5. The van der Waals surface area contributed by atoms with E-state index in [2.05, 4.69) is 76.2 Å².